The molecule has 9 nitrogen and oxygen atoms in total. The van der Waals surface area contributed by atoms with Gasteiger partial charge in [0.1, 0.15) is 17.2 Å². The fourth-order valence-electron chi connectivity index (χ4n) is 4.06. The molecule has 1 aromatic carbocycles. The number of hydrogen-bond acceptors (Lipinski definition) is 6. The molecule has 0 radical (unpaired) electrons. The van der Waals surface area contributed by atoms with Gasteiger partial charge in [-0.1, -0.05) is 6.07 Å². The standard InChI is InChI=1S/C23H22F2N6O3/c1-30-11-14(9-27-30)17-5-2-13(8-26-17)10-31-22-16(25)4-3-15(24)20(22)21(29-31)23(33)28-18-6-7-34-12-19(18)32/h2-5,8-9,11,18-19,32H,6-7,10,12H2,1H3,(H,28,33)/t18-,19-/m0/s1. The van der Waals surface area contributed by atoms with Gasteiger partial charge in [0, 0.05) is 31.6 Å². The molecule has 5 rings (SSSR count). The lowest BCUT2D eigenvalue weighted by molar-refractivity contribution is -0.0261. The summed E-state index contributed by atoms with van der Waals surface area (Å²) in [6.45, 7) is 0.539. The Labute approximate surface area is 193 Å². The molecule has 34 heavy (non-hydrogen) atoms. The summed E-state index contributed by atoms with van der Waals surface area (Å²) < 4.78 is 37.6. The maximum atomic E-state index is 14.8. The topological polar surface area (TPSA) is 107 Å². The molecule has 11 heteroatoms. The largest absolute Gasteiger partial charge is 0.389 e. The first-order valence-corrected chi connectivity index (χ1v) is 10.8. The Morgan fingerprint density at radius 2 is 2.06 bits per heavy atom. The summed E-state index contributed by atoms with van der Waals surface area (Å²) >= 11 is 0. The van der Waals surface area contributed by atoms with Crippen molar-refractivity contribution in [2.24, 2.45) is 7.05 Å². The van der Waals surface area contributed by atoms with E-state index in [-0.39, 0.29) is 29.7 Å². The number of rotatable bonds is 5. The highest BCUT2D eigenvalue weighted by atomic mass is 19.1. The van der Waals surface area contributed by atoms with E-state index in [4.69, 9.17) is 4.74 Å². The maximum absolute atomic E-state index is 14.8. The number of fused-ring (bicyclic) bond motifs is 1. The highest BCUT2D eigenvalue weighted by molar-refractivity contribution is 6.05. The lowest BCUT2D eigenvalue weighted by Crippen LogP contribution is -2.48. The molecule has 0 unspecified atom stereocenters. The minimum absolute atomic E-state index is 0.0738. The predicted octanol–water partition coefficient (Wildman–Crippen LogP) is 2.04. The number of ether oxygens (including phenoxy) is 1. The first-order valence-electron chi connectivity index (χ1n) is 10.8. The van der Waals surface area contributed by atoms with Gasteiger partial charge in [-0.2, -0.15) is 10.2 Å². The minimum atomic E-state index is -0.892. The number of aromatic nitrogens is 5. The number of aryl methyl sites for hydroxylation is 1. The molecule has 1 amide bonds. The van der Waals surface area contributed by atoms with Crippen molar-refractivity contribution in [1.29, 1.82) is 0 Å². The number of carbonyl (C=O) groups excluding carboxylic acids is 1. The van der Waals surface area contributed by atoms with E-state index in [9.17, 15) is 18.7 Å². The van der Waals surface area contributed by atoms with Crippen molar-refractivity contribution in [3.8, 4) is 11.3 Å². The van der Waals surface area contributed by atoms with Crippen LogP contribution in [0.1, 0.15) is 22.5 Å². The summed E-state index contributed by atoms with van der Waals surface area (Å²) in [6, 6.07) is 5.01. The third-order valence-corrected chi connectivity index (χ3v) is 5.81. The second-order valence-corrected chi connectivity index (χ2v) is 8.22. The Morgan fingerprint density at radius 1 is 1.24 bits per heavy atom. The normalized spacial score (nSPS) is 18.4. The van der Waals surface area contributed by atoms with Crippen LogP contribution in [0.15, 0.2) is 42.9 Å². The molecule has 0 aliphatic carbocycles. The van der Waals surface area contributed by atoms with E-state index >= 15 is 0 Å². The second-order valence-electron chi connectivity index (χ2n) is 8.22. The lowest BCUT2D eigenvalue weighted by Gasteiger charge is -2.28. The van der Waals surface area contributed by atoms with Crippen LogP contribution in [0.4, 0.5) is 8.78 Å². The number of amides is 1. The highest BCUT2D eigenvalue weighted by Gasteiger charge is 2.29. The Morgan fingerprint density at radius 3 is 2.76 bits per heavy atom. The number of carbonyl (C=O) groups is 1. The molecule has 0 spiro atoms. The smallest absolute Gasteiger partial charge is 0.272 e. The number of aliphatic hydroxyl groups excluding tert-OH is 1. The SMILES string of the molecule is Cn1cc(-c2ccc(Cn3nc(C(=O)N[C@H]4CCOC[C@@H]4O)c4c(F)ccc(F)c43)cn2)cn1. The van der Waals surface area contributed by atoms with E-state index in [1.807, 2.05) is 13.2 Å². The van der Waals surface area contributed by atoms with Crippen molar-refractivity contribution in [3.63, 3.8) is 0 Å². The second kappa shape index (κ2) is 8.92. The predicted molar refractivity (Wildman–Crippen MR) is 118 cm³/mol. The Balaban J connectivity index is 1.47. The average Bonchev–Trinajstić information content (AvgIpc) is 3.43. The van der Waals surface area contributed by atoms with Crippen molar-refractivity contribution < 1.29 is 23.4 Å². The van der Waals surface area contributed by atoms with E-state index in [0.717, 1.165) is 23.4 Å². The number of pyridine rings is 1. The molecular formula is C23H22F2N6O3. The molecule has 4 aromatic rings. The van der Waals surface area contributed by atoms with Gasteiger partial charge < -0.3 is 15.2 Å². The van der Waals surface area contributed by atoms with Gasteiger partial charge in [0.25, 0.3) is 5.91 Å². The zero-order valence-corrected chi connectivity index (χ0v) is 18.3. The summed E-state index contributed by atoms with van der Waals surface area (Å²) in [7, 11) is 1.81. The van der Waals surface area contributed by atoms with Crippen LogP contribution in [0.3, 0.4) is 0 Å². The van der Waals surface area contributed by atoms with Gasteiger partial charge in [-0.3, -0.25) is 19.1 Å². The number of aliphatic hydroxyl groups is 1. The van der Waals surface area contributed by atoms with Gasteiger partial charge >= 0.3 is 0 Å². The first-order chi connectivity index (χ1) is 16.4. The van der Waals surface area contributed by atoms with E-state index < -0.39 is 29.7 Å². The Hall–Kier alpha value is -3.70. The van der Waals surface area contributed by atoms with Crippen LogP contribution >= 0.6 is 0 Å². The lowest BCUT2D eigenvalue weighted by atomic mass is 10.1. The number of nitrogens with zero attached hydrogens (tertiary/aromatic N) is 5. The van der Waals surface area contributed by atoms with Gasteiger partial charge in [0.2, 0.25) is 0 Å². The summed E-state index contributed by atoms with van der Waals surface area (Å²) in [4.78, 5) is 17.4. The highest BCUT2D eigenvalue weighted by Crippen LogP contribution is 2.26. The Bertz CT molecular complexity index is 1350. The molecule has 1 fully saturated rings. The van der Waals surface area contributed by atoms with Crippen molar-refractivity contribution in [2.75, 3.05) is 13.2 Å². The average molecular weight is 468 g/mol. The third-order valence-electron chi connectivity index (χ3n) is 5.81. The van der Waals surface area contributed by atoms with Crippen molar-refractivity contribution in [1.82, 2.24) is 29.9 Å². The number of hydrogen-bond donors (Lipinski definition) is 2. The van der Waals surface area contributed by atoms with Crippen LogP contribution in [0.5, 0.6) is 0 Å². The van der Waals surface area contributed by atoms with Crippen molar-refractivity contribution in [2.45, 2.75) is 25.1 Å². The van der Waals surface area contributed by atoms with Gasteiger partial charge in [0.15, 0.2) is 5.69 Å². The molecule has 1 aliphatic rings. The fraction of sp³-hybridized carbons (Fsp3) is 0.304. The molecular weight excluding hydrogens is 446 g/mol. The van der Waals surface area contributed by atoms with Crippen LogP contribution in [0.2, 0.25) is 0 Å². The number of nitrogens with one attached hydrogen (secondary N) is 1. The molecule has 1 saturated heterocycles. The van der Waals surface area contributed by atoms with Crippen LogP contribution in [-0.4, -0.2) is 60.9 Å². The molecule has 1 aliphatic heterocycles. The van der Waals surface area contributed by atoms with E-state index in [0.29, 0.717) is 18.6 Å². The summed E-state index contributed by atoms with van der Waals surface area (Å²) in [5, 5.41) is 20.9. The number of halogens is 2. The molecule has 0 bridgehead atoms. The Kier molecular flexibility index (Phi) is 5.80. The van der Waals surface area contributed by atoms with Crippen LogP contribution < -0.4 is 5.32 Å². The minimum Gasteiger partial charge on any atom is -0.389 e. The van der Waals surface area contributed by atoms with Crippen LogP contribution in [-0.2, 0) is 18.3 Å². The quantitative estimate of drug-likeness (QED) is 0.464. The van der Waals surface area contributed by atoms with Crippen LogP contribution in [0.25, 0.3) is 22.2 Å². The van der Waals surface area contributed by atoms with Crippen molar-refractivity contribution in [3.05, 3.63) is 65.7 Å². The summed E-state index contributed by atoms with van der Waals surface area (Å²) in [6.07, 6.45) is 4.66. The third kappa shape index (κ3) is 4.15. The monoisotopic (exact) mass is 468 g/mol. The summed E-state index contributed by atoms with van der Waals surface area (Å²) in [5.41, 5.74) is 1.89. The fourth-order valence-corrected chi connectivity index (χ4v) is 4.06. The molecule has 4 heterocycles. The van der Waals surface area contributed by atoms with Crippen LogP contribution in [0, 0.1) is 11.6 Å². The zero-order chi connectivity index (χ0) is 23.8. The van der Waals surface area contributed by atoms with E-state index in [2.05, 4.69) is 20.5 Å². The first kappa shape index (κ1) is 22.1. The number of benzene rings is 1. The molecule has 176 valence electrons. The molecule has 2 N–H and O–H groups in total. The zero-order valence-electron chi connectivity index (χ0n) is 18.3. The molecule has 2 atom stereocenters. The molecule has 0 saturated carbocycles. The summed E-state index contributed by atoms with van der Waals surface area (Å²) in [5.74, 6) is -2.15. The van der Waals surface area contributed by atoms with E-state index in [1.165, 1.54) is 4.68 Å². The molecule has 3 aromatic heterocycles. The van der Waals surface area contributed by atoms with E-state index in [1.54, 1.807) is 29.2 Å². The van der Waals surface area contributed by atoms with Crippen molar-refractivity contribution >= 4 is 16.8 Å². The van der Waals surface area contributed by atoms with Gasteiger partial charge in [-0.05, 0) is 30.2 Å². The van der Waals surface area contributed by atoms with Gasteiger partial charge in [-0.15, -0.1) is 0 Å². The maximum Gasteiger partial charge on any atom is 0.272 e. The van der Waals surface area contributed by atoms with Gasteiger partial charge in [-0.25, -0.2) is 8.78 Å². The van der Waals surface area contributed by atoms with Gasteiger partial charge in [0.05, 0.1) is 42.6 Å².